The van der Waals surface area contributed by atoms with Crippen LogP contribution in [-0.4, -0.2) is 51.4 Å². The molecule has 152 valence electrons. The zero-order valence-corrected chi connectivity index (χ0v) is 15.0. The zero-order valence-electron chi connectivity index (χ0n) is 15.0. The molecule has 0 aliphatic carbocycles. The Morgan fingerprint density at radius 3 is 2.93 bits per heavy atom. The molecule has 1 saturated heterocycles. The Balaban J connectivity index is 2.02. The van der Waals surface area contributed by atoms with Crippen molar-refractivity contribution in [2.75, 3.05) is 6.61 Å². The number of aromatic amines is 1. The first-order valence-electron chi connectivity index (χ1n) is 8.38. The summed E-state index contributed by atoms with van der Waals surface area (Å²) >= 11 is 0. The topological polar surface area (TPSA) is 202 Å². The van der Waals surface area contributed by atoms with Gasteiger partial charge in [-0.15, -0.1) is 0 Å². The van der Waals surface area contributed by atoms with E-state index >= 15 is 0 Å². The SMILES string of the molecule is Cc1cn([C@H]2CC(N=[N+]=[N-])[C@@H](COC(=O)CCC(N)C(=O)O)O2)c(=O)[nH]c1=O. The molecule has 2 rings (SSSR count). The van der Waals surface area contributed by atoms with Gasteiger partial charge in [-0.25, -0.2) is 4.79 Å². The van der Waals surface area contributed by atoms with Gasteiger partial charge in [0.05, 0.1) is 6.04 Å². The number of nitrogens with two attached hydrogens (primary N) is 1. The van der Waals surface area contributed by atoms with Crippen LogP contribution in [0.3, 0.4) is 0 Å². The Kier molecular flexibility index (Phi) is 6.93. The number of carboxylic acid groups (broad SMARTS) is 1. The molecule has 0 saturated carbocycles. The second-order valence-electron chi connectivity index (χ2n) is 6.28. The average molecular weight is 396 g/mol. The summed E-state index contributed by atoms with van der Waals surface area (Å²) in [7, 11) is 0. The van der Waals surface area contributed by atoms with Crippen molar-refractivity contribution >= 4 is 11.9 Å². The summed E-state index contributed by atoms with van der Waals surface area (Å²) in [6.07, 6.45) is -0.440. The first-order valence-corrected chi connectivity index (χ1v) is 8.38. The lowest BCUT2D eigenvalue weighted by Gasteiger charge is -2.17. The lowest BCUT2D eigenvalue weighted by Crippen LogP contribution is -2.33. The fraction of sp³-hybridized carbons (Fsp3) is 0.600. The number of hydrogen-bond donors (Lipinski definition) is 3. The molecule has 28 heavy (non-hydrogen) atoms. The van der Waals surface area contributed by atoms with Crippen LogP contribution in [0, 0.1) is 6.92 Å². The van der Waals surface area contributed by atoms with E-state index < -0.39 is 47.6 Å². The van der Waals surface area contributed by atoms with Crippen molar-refractivity contribution in [2.45, 2.75) is 50.6 Å². The third-order valence-corrected chi connectivity index (χ3v) is 4.25. The van der Waals surface area contributed by atoms with Gasteiger partial charge in [0.15, 0.2) is 0 Å². The highest BCUT2D eigenvalue weighted by molar-refractivity contribution is 5.75. The van der Waals surface area contributed by atoms with Crippen molar-refractivity contribution in [1.82, 2.24) is 9.55 Å². The van der Waals surface area contributed by atoms with Gasteiger partial charge in [-0.3, -0.25) is 23.9 Å². The van der Waals surface area contributed by atoms with Gasteiger partial charge >= 0.3 is 17.6 Å². The standard InChI is InChI=1S/C15H20N6O7/c1-7-5-21(15(26)18-13(7)23)11-4-9(19-20-17)10(28-11)6-27-12(22)3-2-8(16)14(24)25/h5,8-11H,2-4,6,16H2,1H3,(H,24,25)(H,18,23,26)/t8?,9?,10-,11-/m1/s1. The number of esters is 1. The van der Waals surface area contributed by atoms with E-state index in [9.17, 15) is 19.2 Å². The second-order valence-corrected chi connectivity index (χ2v) is 6.28. The molecule has 0 radical (unpaired) electrons. The maximum Gasteiger partial charge on any atom is 0.330 e. The van der Waals surface area contributed by atoms with Crippen LogP contribution in [0.25, 0.3) is 10.4 Å². The van der Waals surface area contributed by atoms with Crippen molar-refractivity contribution in [1.29, 1.82) is 0 Å². The molecule has 2 heterocycles. The van der Waals surface area contributed by atoms with Gasteiger partial charge < -0.3 is 20.3 Å². The molecule has 13 heteroatoms. The number of aryl methyl sites for hydroxylation is 1. The van der Waals surface area contributed by atoms with Gasteiger partial charge in [0.2, 0.25) is 0 Å². The molecule has 13 nitrogen and oxygen atoms in total. The fourth-order valence-corrected chi connectivity index (χ4v) is 2.67. The highest BCUT2D eigenvalue weighted by atomic mass is 16.6. The van der Waals surface area contributed by atoms with E-state index in [1.165, 1.54) is 17.7 Å². The molecule has 0 bridgehead atoms. The molecule has 1 aliphatic heterocycles. The predicted molar refractivity (Wildman–Crippen MR) is 93.3 cm³/mol. The number of carboxylic acids is 1. The maximum atomic E-state index is 12.0. The van der Waals surface area contributed by atoms with Crippen molar-refractivity contribution < 1.29 is 24.2 Å². The molecule has 2 unspecified atom stereocenters. The largest absolute Gasteiger partial charge is 0.480 e. The van der Waals surface area contributed by atoms with Gasteiger partial charge in [-0.1, -0.05) is 5.11 Å². The fourth-order valence-electron chi connectivity index (χ4n) is 2.67. The van der Waals surface area contributed by atoms with Crippen LogP contribution in [0.5, 0.6) is 0 Å². The molecule has 4 N–H and O–H groups in total. The van der Waals surface area contributed by atoms with E-state index in [-0.39, 0.29) is 25.9 Å². The van der Waals surface area contributed by atoms with Gasteiger partial charge in [0.25, 0.3) is 5.56 Å². The van der Waals surface area contributed by atoms with E-state index in [1.54, 1.807) is 0 Å². The van der Waals surface area contributed by atoms with Crippen molar-refractivity contribution in [2.24, 2.45) is 10.8 Å². The second kappa shape index (κ2) is 9.17. The van der Waals surface area contributed by atoms with Crippen LogP contribution in [0.4, 0.5) is 0 Å². The summed E-state index contributed by atoms with van der Waals surface area (Å²) in [5, 5.41) is 12.3. The third kappa shape index (κ3) is 5.19. The molecule has 1 aromatic rings. The molecular formula is C15H20N6O7. The van der Waals surface area contributed by atoms with E-state index in [2.05, 4.69) is 15.0 Å². The minimum Gasteiger partial charge on any atom is -0.480 e. The van der Waals surface area contributed by atoms with Crippen LogP contribution in [0.2, 0.25) is 0 Å². The summed E-state index contributed by atoms with van der Waals surface area (Å²) in [6.45, 7) is 1.27. The number of nitrogens with zero attached hydrogens (tertiary/aromatic N) is 4. The van der Waals surface area contributed by atoms with Crippen molar-refractivity contribution in [3.63, 3.8) is 0 Å². The number of ether oxygens (including phenoxy) is 2. The van der Waals surface area contributed by atoms with Gasteiger partial charge in [0.1, 0.15) is 25.0 Å². The Labute approximate surface area is 157 Å². The van der Waals surface area contributed by atoms with Crippen molar-refractivity contribution in [3.05, 3.63) is 43.0 Å². The molecule has 1 aromatic heterocycles. The highest BCUT2D eigenvalue weighted by Gasteiger charge is 2.37. The number of nitrogens with one attached hydrogen (secondary N) is 1. The number of H-pyrrole nitrogens is 1. The monoisotopic (exact) mass is 396 g/mol. The van der Waals surface area contributed by atoms with E-state index in [1.807, 2.05) is 0 Å². The van der Waals surface area contributed by atoms with Crippen LogP contribution < -0.4 is 17.0 Å². The number of aromatic nitrogens is 2. The molecule has 1 fully saturated rings. The molecule has 1 aliphatic rings. The first kappa shape index (κ1) is 21.2. The number of rotatable bonds is 8. The molecule has 0 aromatic carbocycles. The summed E-state index contributed by atoms with van der Waals surface area (Å²) in [6, 6.07) is -1.88. The van der Waals surface area contributed by atoms with Crippen molar-refractivity contribution in [3.8, 4) is 0 Å². The summed E-state index contributed by atoms with van der Waals surface area (Å²) in [4.78, 5) is 50.8. The average Bonchev–Trinajstić information content (AvgIpc) is 3.03. The number of azide groups is 1. The molecule has 0 spiro atoms. The number of aliphatic carboxylic acids is 1. The number of carbonyl (C=O) groups excluding carboxylic acids is 1. The first-order chi connectivity index (χ1) is 13.2. The summed E-state index contributed by atoms with van der Waals surface area (Å²) < 4.78 is 11.9. The Bertz CT molecular complexity index is 903. The van der Waals surface area contributed by atoms with Crippen LogP contribution in [0.1, 0.15) is 31.1 Å². The third-order valence-electron chi connectivity index (χ3n) is 4.25. The van der Waals surface area contributed by atoms with Gasteiger partial charge in [-0.2, -0.15) is 0 Å². The van der Waals surface area contributed by atoms with Gasteiger partial charge in [0, 0.05) is 29.5 Å². The van der Waals surface area contributed by atoms with Crippen LogP contribution >= 0.6 is 0 Å². The normalized spacial score (nSPS) is 22.3. The maximum absolute atomic E-state index is 12.0. The Hall–Kier alpha value is -3.15. The quantitative estimate of drug-likeness (QED) is 0.226. The Morgan fingerprint density at radius 1 is 1.57 bits per heavy atom. The smallest absolute Gasteiger partial charge is 0.330 e. The molecule has 4 atom stereocenters. The Morgan fingerprint density at radius 2 is 2.29 bits per heavy atom. The molecular weight excluding hydrogens is 376 g/mol. The number of hydrogen-bond acceptors (Lipinski definition) is 8. The minimum absolute atomic E-state index is 0.0891. The van der Waals surface area contributed by atoms with Crippen LogP contribution in [-0.2, 0) is 19.1 Å². The summed E-state index contributed by atoms with van der Waals surface area (Å²) in [5.74, 6) is -1.90. The summed E-state index contributed by atoms with van der Waals surface area (Å²) in [5.41, 5.74) is 13.1. The van der Waals surface area contributed by atoms with E-state index in [0.717, 1.165) is 0 Å². The zero-order chi connectivity index (χ0) is 20.8. The minimum atomic E-state index is -1.22. The lowest BCUT2D eigenvalue weighted by molar-refractivity contribution is -0.149. The lowest BCUT2D eigenvalue weighted by atomic mass is 10.1. The van der Waals surface area contributed by atoms with E-state index in [4.69, 9.17) is 25.8 Å². The van der Waals surface area contributed by atoms with Gasteiger partial charge in [-0.05, 0) is 18.9 Å². The highest BCUT2D eigenvalue weighted by Crippen LogP contribution is 2.30. The van der Waals surface area contributed by atoms with Crippen LogP contribution in [0.15, 0.2) is 20.9 Å². The molecule has 0 amide bonds. The number of carbonyl (C=O) groups is 2. The van der Waals surface area contributed by atoms with E-state index in [0.29, 0.717) is 5.56 Å². The predicted octanol–water partition coefficient (Wildman–Crippen LogP) is -0.453.